The molecule has 0 radical (unpaired) electrons. The van der Waals surface area contributed by atoms with Crippen LogP contribution in [-0.4, -0.2) is 40.4 Å². The molecule has 1 N–H and O–H groups in total. The van der Waals surface area contributed by atoms with E-state index in [2.05, 4.69) is 25.4 Å². The van der Waals surface area contributed by atoms with E-state index in [1.165, 1.54) is 0 Å². The topological polar surface area (TPSA) is 95.2 Å². The van der Waals surface area contributed by atoms with Gasteiger partial charge in [-0.3, -0.25) is 0 Å². The van der Waals surface area contributed by atoms with E-state index in [1.54, 1.807) is 13.3 Å². The number of aromatic nitrogens is 4. The molecule has 2 heterocycles. The summed E-state index contributed by atoms with van der Waals surface area (Å²) in [5, 5.41) is 7.31. The highest BCUT2D eigenvalue weighted by atomic mass is 16.5. The molecule has 0 atom stereocenters. The molecule has 31 heavy (non-hydrogen) atoms. The summed E-state index contributed by atoms with van der Waals surface area (Å²) in [6, 6.07) is 17.3. The molecule has 0 aliphatic rings. The molecule has 158 valence electrons. The zero-order valence-electron chi connectivity index (χ0n) is 17.4. The molecule has 8 nitrogen and oxygen atoms in total. The summed E-state index contributed by atoms with van der Waals surface area (Å²) >= 11 is 0. The second-order valence-electron chi connectivity index (χ2n) is 6.75. The van der Waals surface area contributed by atoms with Gasteiger partial charge in [-0.15, -0.1) is 0 Å². The number of methoxy groups -OCH3 is 1. The Morgan fingerprint density at radius 3 is 2.48 bits per heavy atom. The van der Waals surface area contributed by atoms with Crippen molar-refractivity contribution in [2.75, 3.05) is 20.3 Å². The lowest BCUT2D eigenvalue weighted by atomic mass is 10.1. The molecule has 4 aromatic rings. The van der Waals surface area contributed by atoms with Gasteiger partial charge in [0.25, 0.3) is 0 Å². The molecule has 0 aliphatic heterocycles. The molecule has 0 saturated heterocycles. The standard InChI is InChI=1S/C23H23N5O3/c1-16-25-12-11-19(26-16)17-7-9-18(10-8-17)23-27-22(31-28-23)15-24-13-14-30-21-6-4-3-5-20(21)29-2/h3-12,24H,13-15H2,1-2H3. The summed E-state index contributed by atoms with van der Waals surface area (Å²) in [5.41, 5.74) is 2.77. The molecule has 2 aromatic heterocycles. The predicted molar refractivity (Wildman–Crippen MR) is 116 cm³/mol. The highest BCUT2D eigenvalue weighted by molar-refractivity contribution is 5.64. The van der Waals surface area contributed by atoms with Gasteiger partial charge in [0.15, 0.2) is 11.5 Å². The summed E-state index contributed by atoms with van der Waals surface area (Å²) in [6.07, 6.45) is 1.76. The highest BCUT2D eigenvalue weighted by Crippen LogP contribution is 2.25. The third-order valence-corrected chi connectivity index (χ3v) is 4.56. The average Bonchev–Trinajstić information content (AvgIpc) is 3.28. The number of nitrogens with zero attached hydrogens (tertiary/aromatic N) is 4. The molecule has 0 bridgehead atoms. The number of hydrogen-bond donors (Lipinski definition) is 1. The third-order valence-electron chi connectivity index (χ3n) is 4.56. The predicted octanol–water partition coefficient (Wildman–Crippen LogP) is 3.68. The zero-order chi connectivity index (χ0) is 21.5. The maximum absolute atomic E-state index is 5.73. The van der Waals surface area contributed by atoms with Crippen molar-refractivity contribution in [2.45, 2.75) is 13.5 Å². The van der Waals surface area contributed by atoms with E-state index in [-0.39, 0.29) is 0 Å². The van der Waals surface area contributed by atoms with Crippen LogP contribution in [0, 0.1) is 6.92 Å². The van der Waals surface area contributed by atoms with Crippen LogP contribution in [0.2, 0.25) is 0 Å². The second-order valence-corrected chi connectivity index (χ2v) is 6.75. The first-order chi connectivity index (χ1) is 15.2. The molecule has 0 amide bonds. The van der Waals surface area contributed by atoms with Gasteiger partial charge in [-0.25, -0.2) is 9.97 Å². The van der Waals surface area contributed by atoms with Gasteiger partial charge >= 0.3 is 0 Å². The van der Waals surface area contributed by atoms with E-state index in [1.807, 2.05) is 61.5 Å². The van der Waals surface area contributed by atoms with Gasteiger partial charge in [0.1, 0.15) is 12.4 Å². The molecule has 0 unspecified atom stereocenters. The minimum Gasteiger partial charge on any atom is -0.493 e. The number of ether oxygens (including phenoxy) is 2. The first-order valence-electron chi connectivity index (χ1n) is 9.92. The van der Waals surface area contributed by atoms with Crippen LogP contribution in [0.5, 0.6) is 11.5 Å². The number of benzene rings is 2. The Morgan fingerprint density at radius 1 is 0.935 bits per heavy atom. The first kappa shape index (κ1) is 20.5. The van der Waals surface area contributed by atoms with E-state index in [9.17, 15) is 0 Å². The Kier molecular flexibility index (Phi) is 6.49. The van der Waals surface area contributed by atoms with Crippen molar-refractivity contribution in [3.05, 3.63) is 72.5 Å². The van der Waals surface area contributed by atoms with Crippen molar-refractivity contribution in [1.29, 1.82) is 0 Å². The molecule has 0 spiro atoms. The molecule has 0 aliphatic carbocycles. The monoisotopic (exact) mass is 417 g/mol. The van der Waals surface area contributed by atoms with E-state index in [4.69, 9.17) is 14.0 Å². The normalized spacial score (nSPS) is 10.8. The smallest absolute Gasteiger partial charge is 0.240 e. The largest absolute Gasteiger partial charge is 0.493 e. The number of para-hydroxylation sites is 2. The number of nitrogens with one attached hydrogen (secondary N) is 1. The fraction of sp³-hybridized carbons (Fsp3) is 0.217. The Labute approximate surface area is 180 Å². The van der Waals surface area contributed by atoms with Crippen molar-refractivity contribution in [1.82, 2.24) is 25.4 Å². The quantitative estimate of drug-likeness (QED) is 0.412. The summed E-state index contributed by atoms with van der Waals surface area (Å²) in [4.78, 5) is 13.0. The van der Waals surface area contributed by atoms with Crippen molar-refractivity contribution in [3.63, 3.8) is 0 Å². The van der Waals surface area contributed by atoms with Gasteiger partial charge in [-0.1, -0.05) is 41.6 Å². The molecule has 8 heteroatoms. The lowest BCUT2D eigenvalue weighted by Gasteiger charge is -2.10. The fourth-order valence-corrected chi connectivity index (χ4v) is 3.02. The van der Waals surface area contributed by atoms with Gasteiger partial charge in [0.2, 0.25) is 11.7 Å². The maximum atomic E-state index is 5.73. The minimum atomic E-state index is 0.459. The van der Waals surface area contributed by atoms with Crippen LogP contribution in [0.15, 0.2) is 65.3 Å². The van der Waals surface area contributed by atoms with E-state index < -0.39 is 0 Å². The first-order valence-corrected chi connectivity index (χ1v) is 9.92. The van der Waals surface area contributed by atoms with Gasteiger partial charge in [0.05, 0.1) is 19.3 Å². The Hall–Kier alpha value is -3.78. The van der Waals surface area contributed by atoms with Gasteiger partial charge in [0, 0.05) is 23.9 Å². The molecule has 0 fully saturated rings. The summed E-state index contributed by atoms with van der Waals surface area (Å²) in [6.45, 7) is 3.45. The SMILES string of the molecule is COc1ccccc1OCCNCc1nc(-c2ccc(-c3ccnc(C)n3)cc2)no1. The van der Waals surface area contributed by atoms with Gasteiger partial charge in [-0.05, 0) is 25.1 Å². The summed E-state index contributed by atoms with van der Waals surface area (Å²) < 4.78 is 16.3. The molecular formula is C23H23N5O3. The molecule has 2 aromatic carbocycles. The van der Waals surface area contributed by atoms with Gasteiger partial charge < -0.3 is 19.3 Å². The fourth-order valence-electron chi connectivity index (χ4n) is 3.02. The Balaban J connectivity index is 1.28. The van der Waals surface area contributed by atoms with Crippen LogP contribution >= 0.6 is 0 Å². The number of aryl methyl sites for hydroxylation is 1. The molecule has 4 rings (SSSR count). The van der Waals surface area contributed by atoms with Crippen LogP contribution in [0.25, 0.3) is 22.6 Å². The highest BCUT2D eigenvalue weighted by Gasteiger charge is 2.09. The van der Waals surface area contributed by atoms with Crippen molar-refractivity contribution in [2.24, 2.45) is 0 Å². The Morgan fingerprint density at radius 2 is 1.71 bits per heavy atom. The summed E-state index contributed by atoms with van der Waals surface area (Å²) in [7, 11) is 1.62. The lowest BCUT2D eigenvalue weighted by molar-refractivity contribution is 0.287. The minimum absolute atomic E-state index is 0.459. The van der Waals surface area contributed by atoms with E-state index in [0.717, 1.165) is 22.6 Å². The van der Waals surface area contributed by atoms with Crippen molar-refractivity contribution in [3.8, 4) is 34.1 Å². The molecule has 0 saturated carbocycles. The number of hydrogen-bond acceptors (Lipinski definition) is 8. The zero-order valence-corrected chi connectivity index (χ0v) is 17.4. The van der Waals surface area contributed by atoms with Crippen molar-refractivity contribution >= 4 is 0 Å². The van der Waals surface area contributed by atoms with Crippen LogP contribution in [0.4, 0.5) is 0 Å². The Bertz CT molecular complexity index is 1130. The van der Waals surface area contributed by atoms with Crippen LogP contribution in [-0.2, 0) is 6.54 Å². The average molecular weight is 417 g/mol. The van der Waals surface area contributed by atoms with Crippen LogP contribution in [0.1, 0.15) is 11.7 Å². The van der Waals surface area contributed by atoms with Crippen molar-refractivity contribution < 1.29 is 14.0 Å². The maximum Gasteiger partial charge on any atom is 0.240 e. The summed E-state index contributed by atoms with van der Waals surface area (Å²) in [5.74, 6) is 3.23. The van der Waals surface area contributed by atoms with Crippen LogP contribution < -0.4 is 14.8 Å². The second kappa shape index (κ2) is 9.82. The van der Waals surface area contributed by atoms with E-state index >= 15 is 0 Å². The van der Waals surface area contributed by atoms with Crippen LogP contribution in [0.3, 0.4) is 0 Å². The van der Waals surface area contributed by atoms with E-state index in [0.29, 0.717) is 42.9 Å². The number of rotatable bonds is 9. The molecular weight excluding hydrogens is 394 g/mol. The lowest BCUT2D eigenvalue weighted by Crippen LogP contribution is -2.20. The van der Waals surface area contributed by atoms with Gasteiger partial charge in [-0.2, -0.15) is 4.98 Å². The third kappa shape index (κ3) is 5.23.